The zero-order valence-electron chi connectivity index (χ0n) is 12.2. The quantitative estimate of drug-likeness (QED) is 0.923. The van der Waals surface area contributed by atoms with Crippen LogP contribution in [0.1, 0.15) is 42.6 Å². The normalized spacial score (nSPS) is 20.0. The molecule has 2 heterocycles. The van der Waals surface area contributed by atoms with Crippen LogP contribution < -0.4 is 5.32 Å². The highest BCUT2D eigenvalue weighted by molar-refractivity contribution is 7.11. The van der Waals surface area contributed by atoms with Crippen molar-refractivity contribution in [1.82, 2.24) is 15.2 Å². The lowest BCUT2D eigenvalue weighted by molar-refractivity contribution is 0.0789. The Morgan fingerprint density at radius 2 is 2.32 bits per heavy atom. The second-order valence-corrected chi connectivity index (χ2v) is 7.10. The van der Waals surface area contributed by atoms with E-state index in [4.69, 9.17) is 0 Å². The van der Waals surface area contributed by atoms with Gasteiger partial charge in [-0.1, -0.05) is 20.8 Å². The summed E-state index contributed by atoms with van der Waals surface area (Å²) in [7, 11) is 1.96. The van der Waals surface area contributed by atoms with Gasteiger partial charge in [-0.2, -0.15) is 0 Å². The minimum absolute atomic E-state index is 0.0743. The first-order valence-corrected chi connectivity index (χ1v) is 7.69. The van der Waals surface area contributed by atoms with Crippen molar-refractivity contribution in [1.29, 1.82) is 0 Å². The van der Waals surface area contributed by atoms with E-state index in [1.54, 1.807) is 5.51 Å². The van der Waals surface area contributed by atoms with Crippen LogP contribution in [0.5, 0.6) is 0 Å². The molecule has 106 valence electrons. The number of hydrogen-bond acceptors (Lipinski definition) is 4. The summed E-state index contributed by atoms with van der Waals surface area (Å²) in [5.74, 6) is 0.742. The molecule has 0 unspecified atom stereocenters. The van der Waals surface area contributed by atoms with Gasteiger partial charge >= 0.3 is 0 Å². The molecule has 5 heteroatoms. The fourth-order valence-electron chi connectivity index (χ4n) is 2.55. The van der Waals surface area contributed by atoms with Crippen molar-refractivity contribution in [2.75, 3.05) is 26.7 Å². The van der Waals surface area contributed by atoms with Gasteiger partial charge in [0.05, 0.1) is 11.2 Å². The van der Waals surface area contributed by atoms with Crippen LogP contribution in [0.25, 0.3) is 0 Å². The summed E-state index contributed by atoms with van der Waals surface area (Å²) in [6.45, 7) is 9.03. The summed E-state index contributed by atoms with van der Waals surface area (Å²) < 4.78 is 0. The van der Waals surface area contributed by atoms with E-state index in [-0.39, 0.29) is 11.3 Å². The number of nitrogens with one attached hydrogen (secondary N) is 1. The Hall–Kier alpha value is -0.940. The van der Waals surface area contributed by atoms with Crippen molar-refractivity contribution in [2.24, 2.45) is 5.92 Å². The SMILES string of the molecule is CNC[C@@H]1CCN(C(=O)c2scnc2C(C)(C)C)C1. The van der Waals surface area contributed by atoms with Crippen LogP contribution in [0.3, 0.4) is 0 Å². The molecule has 1 aromatic heterocycles. The molecule has 1 fully saturated rings. The number of amides is 1. The molecule has 2 rings (SSSR count). The van der Waals surface area contributed by atoms with Crippen molar-refractivity contribution in [3.63, 3.8) is 0 Å². The predicted octanol–water partition coefficient (Wildman–Crippen LogP) is 2.12. The number of rotatable bonds is 3. The number of likely N-dealkylation sites (tertiary alicyclic amines) is 1. The molecule has 0 spiro atoms. The van der Waals surface area contributed by atoms with Crippen LogP contribution in [-0.2, 0) is 5.41 Å². The van der Waals surface area contributed by atoms with Gasteiger partial charge in [0.1, 0.15) is 4.88 Å². The van der Waals surface area contributed by atoms with Crippen LogP contribution in [0, 0.1) is 5.92 Å². The zero-order valence-corrected chi connectivity index (χ0v) is 13.0. The third-order valence-corrected chi connectivity index (χ3v) is 4.35. The van der Waals surface area contributed by atoms with E-state index in [0.29, 0.717) is 5.92 Å². The minimum atomic E-state index is -0.0743. The van der Waals surface area contributed by atoms with E-state index in [2.05, 4.69) is 31.1 Å². The third-order valence-electron chi connectivity index (χ3n) is 3.54. The lowest BCUT2D eigenvalue weighted by Gasteiger charge is -2.20. The van der Waals surface area contributed by atoms with Crippen LogP contribution in [0.2, 0.25) is 0 Å². The molecule has 1 aromatic rings. The van der Waals surface area contributed by atoms with E-state index >= 15 is 0 Å². The molecular weight excluding hydrogens is 258 g/mol. The number of aromatic nitrogens is 1. The maximum Gasteiger partial charge on any atom is 0.265 e. The Balaban J connectivity index is 2.11. The van der Waals surface area contributed by atoms with Gasteiger partial charge in [-0.3, -0.25) is 4.79 Å². The molecule has 19 heavy (non-hydrogen) atoms. The van der Waals surface area contributed by atoms with Crippen LogP contribution in [0.4, 0.5) is 0 Å². The van der Waals surface area contributed by atoms with Crippen molar-refractivity contribution >= 4 is 17.2 Å². The Bertz CT molecular complexity index is 450. The standard InChI is InChI=1S/C14H23N3OS/c1-14(2,3)12-11(19-9-16-12)13(18)17-6-5-10(8-17)7-15-4/h9-10,15H,5-8H2,1-4H3/t10-/m0/s1. The van der Waals surface area contributed by atoms with Gasteiger partial charge in [-0.05, 0) is 25.9 Å². The molecule has 0 bridgehead atoms. The van der Waals surface area contributed by atoms with E-state index in [1.165, 1.54) is 11.3 Å². The third kappa shape index (κ3) is 3.15. The van der Waals surface area contributed by atoms with Crippen molar-refractivity contribution < 1.29 is 4.79 Å². The van der Waals surface area contributed by atoms with Crippen molar-refractivity contribution in [3.8, 4) is 0 Å². The molecule has 4 nitrogen and oxygen atoms in total. The second-order valence-electron chi connectivity index (χ2n) is 6.24. The maximum atomic E-state index is 12.6. The first kappa shape index (κ1) is 14.5. The second kappa shape index (κ2) is 5.59. The van der Waals surface area contributed by atoms with Gasteiger partial charge in [-0.15, -0.1) is 11.3 Å². The molecule has 1 amide bonds. The molecule has 0 saturated carbocycles. The summed E-state index contributed by atoms with van der Waals surface area (Å²) in [5, 5.41) is 3.19. The van der Waals surface area contributed by atoms with Gasteiger partial charge in [0, 0.05) is 18.5 Å². The molecule has 0 aromatic carbocycles. The number of hydrogen-bond donors (Lipinski definition) is 1. The lowest BCUT2D eigenvalue weighted by atomic mass is 9.91. The Labute approximate surface area is 119 Å². The zero-order chi connectivity index (χ0) is 14.0. The van der Waals surface area contributed by atoms with E-state index in [9.17, 15) is 4.79 Å². The van der Waals surface area contributed by atoms with Gasteiger partial charge in [-0.25, -0.2) is 4.98 Å². The van der Waals surface area contributed by atoms with E-state index in [0.717, 1.165) is 36.6 Å². The topological polar surface area (TPSA) is 45.2 Å². The molecule has 1 atom stereocenters. The molecule has 1 aliphatic heterocycles. The number of carbonyl (C=O) groups excluding carboxylic acids is 1. The average molecular weight is 281 g/mol. The first-order chi connectivity index (χ1) is 8.93. The molecule has 1 aliphatic rings. The Morgan fingerprint density at radius 1 is 1.58 bits per heavy atom. The average Bonchev–Trinajstić information content (AvgIpc) is 2.95. The van der Waals surface area contributed by atoms with E-state index < -0.39 is 0 Å². The molecule has 0 aliphatic carbocycles. The van der Waals surface area contributed by atoms with Gasteiger partial charge < -0.3 is 10.2 Å². The fraction of sp³-hybridized carbons (Fsp3) is 0.714. The van der Waals surface area contributed by atoms with Crippen molar-refractivity contribution in [2.45, 2.75) is 32.6 Å². The summed E-state index contributed by atoms with van der Waals surface area (Å²) in [6.07, 6.45) is 1.09. The van der Waals surface area contributed by atoms with Gasteiger partial charge in [0.15, 0.2) is 0 Å². The number of carbonyl (C=O) groups is 1. The minimum Gasteiger partial charge on any atom is -0.338 e. The fourth-order valence-corrected chi connectivity index (χ4v) is 3.51. The monoisotopic (exact) mass is 281 g/mol. The largest absolute Gasteiger partial charge is 0.338 e. The Kier molecular flexibility index (Phi) is 4.26. The highest BCUT2D eigenvalue weighted by Gasteiger charge is 2.31. The Morgan fingerprint density at radius 3 is 2.95 bits per heavy atom. The summed E-state index contributed by atoms with van der Waals surface area (Å²) in [6, 6.07) is 0. The molecular formula is C14H23N3OS. The first-order valence-electron chi connectivity index (χ1n) is 6.81. The summed E-state index contributed by atoms with van der Waals surface area (Å²) >= 11 is 1.47. The maximum absolute atomic E-state index is 12.6. The van der Waals surface area contributed by atoms with Gasteiger partial charge in [0.25, 0.3) is 5.91 Å². The van der Waals surface area contributed by atoms with Crippen LogP contribution >= 0.6 is 11.3 Å². The molecule has 1 N–H and O–H groups in total. The molecule has 0 radical (unpaired) electrons. The van der Waals surface area contributed by atoms with Gasteiger partial charge in [0.2, 0.25) is 0 Å². The predicted molar refractivity (Wildman–Crippen MR) is 78.8 cm³/mol. The van der Waals surface area contributed by atoms with Crippen molar-refractivity contribution in [3.05, 3.63) is 16.1 Å². The lowest BCUT2D eigenvalue weighted by Crippen LogP contribution is -2.31. The summed E-state index contributed by atoms with van der Waals surface area (Å²) in [5.41, 5.74) is 2.64. The number of thiazole rings is 1. The van der Waals surface area contributed by atoms with Crippen LogP contribution in [0.15, 0.2) is 5.51 Å². The van der Waals surface area contributed by atoms with Crippen LogP contribution in [-0.4, -0.2) is 42.5 Å². The van der Waals surface area contributed by atoms with E-state index in [1.807, 2.05) is 11.9 Å². The summed E-state index contributed by atoms with van der Waals surface area (Å²) in [4.78, 5) is 19.8. The molecule has 1 saturated heterocycles. The highest BCUT2D eigenvalue weighted by atomic mass is 32.1. The highest BCUT2D eigenvalue weighted by Crippen LogP contribution is 2.29. The number of nitrogens with zero attached hydrogens (tertiary/aromatic N) is 2. The smallest absolute Gasteiger partial charge is 0.265 e.